The number of nitrogens with two attached hydrogens (primary N) is 2. The molecule has 0 spiro atoms. The van der Waals surface area contributed by atoms with E-state index in [1.165, 1.54) is 38.5 Å². The lowest BCUT2D eigenvalue weighted by molar-refractivity contribution is 0.287. The summed E-state index contributed by atoms with van der Waals surface area (Å²) < 4.78 is 0. The van der Waals surface area contributed by atoms with Crippen molar-refractivity contribution in [1.82, 2.24) is 0 Å². The van der Waals surface area contributed by atoms with E-state index in [2.05, 4.69) is 6.92 Å². The van der Waals surface area contributed by atoms with E-state index < -0.39 is 0 Å². The van der Waals surface area contributed by atoms with Crippen molar-refractivity contribution in [3.63, 3.8) is 0 Å². The first-order valence-corrected chi connectivity index (χ1v) is 5.69. The molecule has 78 valence electrons. The van der Waals surface area contributed by atoms with Crippen molar-refractivity contribution in [2.45, 2.75) is 51.5 Å². The molecule has 1 rings (SSSR count). The molecule has 3 unspecified atom stereocenters. The number of hydrogen-bond acceptors (Lipinski definition) is 2. The highest BCUT2D eigenvalue weighted by atomic mass is 14.6. The first-order valence-electron chi connectivity index (χ1n) is 5.69. The highest BCUT2D eigenvalue weighted by Gasteiger charge is 2.22. The first-order chi connectivity index (χ1) is 6.24. The molecule has 1 saturated carbocycles. The quantitative estimate of drug-likeness (QED) is 0.658. The van der Waals surface area contributed by atoms with Crippen molar-refractivity contribution in [2.75, 3.05) is 6.54 Å². The van der Waals surface area contributed by atoms with Gasteiger partial charge in [-0.1, -0.05) is 25.7 Å². The summed E-state index contributed by atoms with van der Waals surface area (Å²) in [6.07, 6.45) is 8.00. The second kappa shape index (κ2) is 5.61. The Morgan fingerprint density at radius 3 is 2.31 bits per heavy atom. The Bertz CT molecular complexity index is 134. The SMILES string of the molecule is CC(N)CC1CCCCCC1CN. The maximum Gasteiger partial charge on any atom is 0.00132 e. The molecule has 0 aromatic carbocycles. The van der Waals surface area contributed by atoms with Gasteiger partial charge >= 0.3 is 0 Å². The molecule has 0 aromatic heterocycles. The second-order valence-electron chi connectivity index (χ2n) is 4.61. The Balaban J connectivity index is 2.44. The zero-order valence-corrected chi connectivity index (χ0v) is 8.84. The molecule has 0 amide bonds. The van der Waals surface area contributed by atoms with E-state index in [9.17, 15) is 0 Å². The third-order valence-corrected chi connectivity index (χ3v) is 3.29. The van der Waals surface area contributed by atoms with Crippen molar-refractivity contribution < 1.29 is 0 Å². The van der Waals surface area contributed by atoms with Crippen LogP contribution in [0, 0.1) is 11.8 Å². The van der Waals surface area contributed by atoms with Crippen LogP contribution in [0.4, 0.5) is 0 Å². The van der Waals surface area contributed by atoms with Crippen molar-refractivity contribution in [2.24, 2.45) is 23.3 Å². The molecule has 0 radical (unpaired) electrons. The Labute approximate surface area is 82.1 Å². The van der Waals surface area contributed by atoms with E-state index in [4.69, 9.17) is 11.5 Å². The zero-order valence-electron chi connectivity index (χ0n) is 8.84. The lowest BCUT2D eigenvalue weighted by Crippen LogP contribution is -2.28. The monoisotopic (exact) mass is 184 g/mol. The minimum absolute atomic E-state index is 0.345. The van der Waals surface area contributed by atoms with Gasteiger partial charge in [0, 0.05) is 6.04 Å². The maximum absolute atomic E-state index is 5.85. The number of rotatable bonds is 3. The summed E-state index contributed by atoms with van der Waals surface area (Å²) in [5, 5.41) is 0. The van der Waals surface area contributed by atoms with Crippen LogP contribution in [0.15, 0.2) is 0 Å². The summed E-state index contributed by atoms with van der Waals surface area (Å²) in [5.41, 5.74) is 11.6. The highest BCUT2D eigenvalue weighted by Crippen LogP contribution is 2.30. The van der Waals surface area contributed by atoms with Crippen LogP contribution in [0.25, 0.3) is 0 Å². The second-order valence-corrected chi connectivity index (χ2v) is 4.61. The normalized spacial score (nSPS) is 32.5. The third-order valence-electron chi connectivity index (χ3n) is 3.29. The topological polar surface area (TPSA) is 52.0 Å². The Kier molecular flexibility index (Phi) is 4.74. The molecule has 0 aliphatic heterocycles. The summed E-state index contributed by atoms with van der Waals surface area (Å²) in [5.74, 6) is 1.54. The smallest absolute Gasteiger partial charge is 0.00132 e. The van der Waals surface area contributed by atoms with Gasteiger partial charge in [-0.2, -0.15) is 0 Å². The molecule has 2 heteroatoms. The third kappa shape index (κ3) is 3.65. The maximum atomic E-state index is 5.85. The van der Waals surface area contributed by atoms with E-state index >= 15 is 0 Å². The van der Waals surface area contributed by atoms with Gasteiger partial charge in [0.05, 0.1) is 0 Å². The van der Waals surface area contributed by atoms with Crippen LogP contribution in [0.3, 0.4) is 0 Å². The van der Waals surface area contributed by atoms with Gasteiger partial charge in [0.15, 0.2) is 0 Å². The molecular weight excluding hydrogens is 160 g/mol. The molecule has 0 saturated heterocycles. The predicted octanol–water partition coefficient (Wildman–Crippen LogP) is 1.88. The molecule has 1 fully saturated rings. The van der Waals surface area contributed by atoms with Crippen LogP contribution < -0.4 is 11.5 Å². The lowest BCUT2D eigenvalue weighted by atomic mass is 9.84. The van der Waals surface area contributed by atoms with E-state index in [0.29, 0.717) is 6.04 Å². The van der Waals surface area contributed by atoms with E-state index in [1.54, 1.807) is 0 Å². The van der Waals surface area contributed by atoms with E-state index in [-0.39, 0.29) is 0 Å². The molecule has 0 bridgehead atoms. The fraction of sp³-hybridized carbons (Fsp3) is 1.00. The minimum Gasteiger partial charge on any atom is -0.330 e. The van der Waals surface area contributed by atoms with Crippen LogP contribution in [0.5, 0.6) is 0 Å². The standard InChI is InChI=1S/C11H24N2/c1-9(13)7-10-5-3-2-4-6-11(10)8-12/h9-11H,2-8,12-13H2,1H3. The average molecular weight is 184 g/mol. The minimum atomic E-state index is 0.345. The van der Waals surface area contributed by atoms with Gasteiger partial charge in [0.25, 0.3) is 0 Å². The summed E-state index contributed by atoms with van der Waals surface area (Å²) >= 11 is 0. The Morgan fingerprint density at radius 2 is 1.77 bits per heavy atom. The van der Waals surface area contributed by atoms with Crippen LogP contribution in [-0.4, -0.2) is 12.6 Å². The van der Waals surface area contributed by atoms with E-state index in [1.807, 2.05) is 0 Å². The Morgan fingerprint density at radius 1 is 1.15 bits per heavy atom. The van der Waals surface area contributed by atoms with Crippen molar-refractivity contribution in [3.8, 4) is 0 Å². The van der Waals surface area contributed by atoms with E-state index in [0.717, 1.165) is 18.4 Å². The highest BCUT2D eigenvalue weighted by molar-refractivity contribution is 4.77. The molecule has 1 aliphatic carbocycles. The summed E-state index contributed by atoms with van der Waals surface area (Å²) in [4.78, 5) is 0. The predicted molar refractivity (Wildman–Crippen MR) is 57.4 cm³/mol. The van der Waals surface area contributed by atoms with Crippen molar-refractivity contribution in [1.29, 1.82) is 0 Å². The molecule has 1 aliphatic rings. The van der Waals surface area contributed by atoms with Crippen molar-refractivity contribution in [3.05, 3.63) is 0 Å². The van der Waals surface area contributed by atoms with Crippen LogP contribution in [0.1, 0.15) is 45.4 Å². The summed E-state index contributed by atoms with van der Waals surface area (Å²) in [6.45, 7) is 2.97. The van der Waals surface area contributed by atoms with Crippen LogP contribution in [0.2, 0.25) is 0 Å². The number of hydrogen-bond donors (Lipinski definition) is 2. The molecule has 2 nitrogen and oxygen atoms in total. The van der Waals surface area contributed by atoms with Crippen molar-refractivity contribution >= 4 is 0 Å². The molecule has 3 atom stereocenters. The molecule has 13 heavy (non-hydrogen) atoms. The van der Waals surface area contributed by atoms with Gasteiger partial charge in [-0.25, -0.2) is 0 Å². The molecule has 0 heterocycles. The van der Waals surface area contributed by atoms with Gasteiger partial charge in [-0.3, -0.25) is 0 Å². The Hall–Kier alpha value is -0.0800. The summed E-state index contributed by atoms with van der Waals surface area (Å²) in [6, 6.07) is 0.345. The lowest BCUT2D eigenvalue weighted by Gasteiger charge is -2.25. The van der Waals surface area contributed by atoms with Crippen LogP contribution in [-0.2, 0) is 0 Å². The van der Waals surface area contributed by atoms with Gasteiger partial charge in [-0.05, 0) is 38.1 Å². The molecular formula is C11H24N2. The first kappa shape index (κ1) is 11.0. The largest absolute Gasteiger partial charge is 0.330 e. The average Bonchev–Trinajstić information content (AvgIpc) is 2.28. The van der Waals surface area contributed by atoms with Gasteiger partial charge in [0.2, 0.25) is 0 Å². The van der Waals surface area contributed by atoms with Crippen LogP contribution >= 0.6 is 0 Å². The molecule has 0 aromatic rings. The molecule has 4 N–H and O–H groups in total. The van der Waals surface area contributed by atoms with Gasteiger partial charge < -0.3 is 11.5 Å². The van der Waals surface area contributed by atoms with Gasteiger partial charge in [-0.15, -0.1) is 0 Å². The fourth-order valence-electron chi connectivity index (χ4n) is 2.56. The summed E-state index contributed by atoms with van der Waals surface area (Å²) in [7, 11) is 0. The van der Waals surface area contributed by atoms with Gasteiger partial charge in [0.1, 0.15) is 0 Å². The fourth-order valence-corrected chi connectivity index (χ4v) is 2.56. The zero-order chi connectivity index (χ0) is 9.68.